The van der Waals surface area contributed by atoms with Crippen LogP contribution in [0.2, 0.25) is 0 Å². The van der Waals surface area contributed by atoms with E-state index in [-0.39, 0.29) is 35.7 Å². The number of carboxylic acid groups (broad SMARTS) is 1. The third kappa shape index (κ3) is 6.39. The van der Waals surface area contributed by atoms with Crippen LogP contribution in [0, 0.1) is 68.0 Å². The molecule has 49 heavy (non-hydrogen) atoms. The molecule has 6 rings (SSSR count). The third-order valence-corrected chi connectivity index (χ3v) is 17.4. The van der Waals surface area contributed by atoms with Crippen LogP contribution in [-0.2, 0) is 14.3 Å². The van der Waals surface area contributed by atoms with Gasteiger partial charge in [-0.15, -0.1) is 0 Å². The Hall–Kier alpha value is -1.36. The van der Waals surface area contributed by atoms with Crippen molar-refractivity contribution in [2.24, 2.45) is 68.0 Å². The van der Waals surface area contributed by atoms with Crippen LogP contribution in [0.5, 0.6) is 0 Å². The van der Waals surface area contributed by atoms with Gasteiger partial charge in [0.05, 0.1) is 12.8 Å². The summed E-state index contributed by atoms with van der Waals surface area (Å²) >= 11 is 0. The number of allylic oxidation sites excluding steroid dienone is 1. The summed E-state index contributed by atoms with van der Waals surface area (Å²) < 4.78 is 6.30. The van der Waals surface area contributed by atoms with Gasteiger partial charge in [0.2, 0.25) is 0 Å². The van der Waals surface area contributed by atoms with Gasteiger partial charge in [0.25, 0.3) is 0 Å². The van der Waals surface area contributed by atoms with Crippen LogP contribution in [0.15, 0.2) is 12.2 Å². The van der Waals surface area contributed by atoms with E-state index in [0.29, 0.717) is 34.0 Å². The van der Waals surface area contributed by atoms with Gasteiger partial charge in [-0.05, 0) is 166 Å². The molecule has 0 bridgehead atoms. The molecule has 5 nitrogen and oxygen atoms in total. The van der Waals surface area contributed by atoms with Gasteiger partial charge in [0.15, 0.2) is 0 Å². The zero-order valence-corrected chi connectivity index (χ0v) is 32.9. The summed E-state index contributed by atoms with van der Waals surface area (Å²) in [5, 5.41) is 13.3. The van der Waals surface area contributed by atoms with E-state index >= 15 is 0 Å². The van der Waals surface area contributed by atoms with Crippen LogP contribution in [0.4, 0.5) is 0 Å². The highest BCUT2D eigenvalue weighted by atomic mass is 16.5. The molecule has 0 spiro atoms. The monoisotopic (exact) mass is 680 g/mol. The van der Waals surface area contributed by atoms with E-state index in [0.717, 1.165) is 30.6 Å². The second kappa shape index (κ2) is 13.2. The Kier molecular flexibility index (Phi) is 10.1. The minimum Gasteiger partial charge on any atom is -0.481 e. The van der Waals surface area contributed by atoms with Crippen molar-refractivity contribution >= 4 is 11.9 Å². The molecule has 0 radical (unpaired) electrons. The third-order valence-electron chi connectivity index (χ3n) is 17.4. The first-order valence-corrected chi connectivity index (χ1v) is 20.7. The summed E-state index contributed by atoms with van der Waals surface area (Å²) in [6.07, 6.45) is 19.8. The molecule has 0 aliphatic heterocycles. The van der Waals surface area contributed by atoms with Crippen molar-refractivity contribution in [2.75, 3.05) is 13.1 Å². The maximum atomic E-state index is 13.2. The highest BCUT2D eigenvalue weighted by Gasteiger charge is 2.71. The topological polar surface area (TPSA) is 75.6 Å². The lowest BCUT2D eigenvalue weighted by atomic mass is 9.32. The summed E-state index contributed by atoms with van der Waals surface area (Å²) in [7, 11) is 0. The molecule has 0 aromatic carbocycles. The first kappa shape index (κ1) is 37.4. The van der Waals surface area contributed by atoms with Crippen molar-refractivity contribution in [3.63, 3.8) is 0 Å². The molecule has 0 aromatic heterocycles. The summed E-state index contributed by atoms with van der Waals surface area (Å²) in [4.78, 5) is 24.6. The number of ether oxygens (including phenoxy) is 1. The molecule has 278 valence electrons. The Labute approximate surface area is 299 Å². The first-order valence-electron chi connectivity index (χ1n) is 20.7. The van der Waals surface area contributed by atoms with Gasteiger partial charge in [-0.2, -0.15) is 0 Å². The quantitative estimate of drug-likeness (QED) is 0.129. The van der Waals surface area contributed by atoms with Crippen molar-refractivity contribution < 1.29 is 19.4 Å². The number of esters is 1. The molecule has 0 amide bonds. The van der Waals surface area contributed by atoms with Gasteiger partial charge >= 0.3 is 11.9 Å². The molecular formula is C44H73NO4. The second-order valence-electron chi connectivity index (χ2n) is 20.9. The molecule has 10 atom stereocenters. The maximum Gasteiger partial charge on any atom is 0.306 e. The van der Waals surface area contributed by atoms with E-state index in [1.54, 1.807) is 0 Å². The lowest BCUT2D eigenvalue weighted by Gasteiger charge is -2.73. The average molecular weight is 680 g/mol. The maximum absolute atomic E-state index is 13.2. The van der Waals surface area contributed by atoms with Crippen LogP contribution < -0.4 is 5.32 Å². The number of carbonyl (C=O) groups is 2. The molecule has 0 unspecified atom stereocenters. The number of rotatable bonds is 11. The van der Waals surface area contributed by atoms with Crippen molar-refractivity contribution in [1.29, 1.82) is 0 Å². The van der Waals surface area contributed by atoms with Gasteiger partial charge < -0.3 is 15.2 Å². The van der Waals surface area contributed by atoms with E-state index in [9.17, 15) is 14.7 Å². The number of nitrogens with one attached hydrogen (secondary N) is 1. The fourth-order valence-electron chi connectivity index (χ4n) is 14.8. The Bertz CT molecular complexity index is 1270. The van der Waals surface area contributed by atoms with Gasteiger partial charge in [-0.25, -0.2) is 0 Å². The summed E-state index contributed by atoms with van der Waals surface area (Å²) in [6, 6.07) is 0. The standard InChI is InChI=1S/C44H73NO4/c1-29(2)31-16-21-44(24-25-45-28-30-12-10-11-13-30)23-22-42(8)32(38(31)44)14-15-34-41(7)19-18-35(40(5,6)33(41)17-20-43(34,42)9)49-37(48)27-39(3,4)26-36(46)47/h30-35,38,45H,1,10-28H2,2-9H3,(H,46,47)/t31-,32+,33-,34+,35-,38+,41-,42+,43+,44+/m0/s1. The van der Waals surface area contributed by atoms with Crippen molar-refractivity contribution in [3.8, 4) is 0 Å². The molecule has 5 heteroatoms. The van der Waals surface area contributed by atoms with E-state index < -0.39 is 11.4 Å². The SMILES string of the molecule is C=C(C)[C@@H]1CC[C@]2(CCNCC3CCCC3)CC[C@]3(C)[C@H](CC[C@@H]4[C@@]5(C)CC[C@H](OC(=O)CC(C)(C)CC(=O)O)C(C)(C)[C@@H]5CC[C@]43C)[C@@H]12. The van der Waals surface area contributed by atoms with E-state index in [4.69, 9.17) is 4.74 Å². The molecular weight excluding hydrogens is 606 g/mol. The predicted molar refractivity (Wildman–Crippen MR) is 199 cm³/mol. The number of carbonyl (C=O) groups excluding carboxylic acids is 1. The zero-order valence-electron chi connectivity index (χ0n) is 32.9. The first-order chi connectivity index (χ1) is 22.9. The average Bonchev–Trinajstić information content (AvgIpc) is 3.65. The largest absolute Gasteiger partial charge is 0.481 e. The summed E-state index contributed by atoms with van der Waals surface area (Å²) in [6.45, 7) is 26.0. The Balaban J connectivity index is 1.19. The fraction of sp³-hybridized carbons (Fsp3) is 0.909. The molecule has 6 fully saturated rings. The number of hydrogen-bond donors (Lipinski definition) is 2. The van der Waals surface area contributed by atoms with Crippen LogP contribution >= 0.6 is 0 Å². The minimum absolute atomic E-state index is 0.0245. The van der Waals surface area contributed by atoms with Gasteiger partial charge in [0, 0.05) is 5.41 Å². The number of aliphatic carboxylic acids is 1. The second-order valence-corrected chi connectivity index (χ2v) is 20.9. The number of carboxylic acids is 1. The Morgan fingerprint density at radius 1 is 0.837 bits per heavy atom. The van der Waals surface area contributed by atoms with Crippen LogP contribution in [-0.4, -0.2) is 36.2 Å². The molecule has 0 heterocycles. The van der Waals surface area contributed by atoms with Crippen molar-refractivity contribution in [3.05, 3.63) is 12.2 Å². The highest BCUT2D eigenvalue weighted by molar-refractivity contribution is 5.73. The lowest BCUT2D eigenvalue weighted by Crippen LogP contribution is -2.66. The van der Waals surface area contributed by atoms with Crippen LogP contribution in [0.25, 0.3) is 0 Å². The van der Waals surface area contributed by atoms with Crippen molar-refractivity contribution in [2.45, 2.75) is 171 Å². The smallest absolute Gasteiger partial charge is 0.306 e. The van der Waals surface area contributed by atoms with E-state index in [2.05, 4.69) is 53.4 Å². The zero-order chi connectivity index (χ0) is 35.6. The Morgan fingerprint density at radius 3 is 2.22 bits per heavy atom. The van der Waals surface area contributed by atoms with Crippen LogP contribution in [0.1, 0.15) is 165 Å². The molecule has 6 saturated carbocycles. The van der Waals surface area contributed by atoms with Gasteiger partial charge in [-0.1, -0.05) is 73.5 Å². The molecule has 0 aromatic rings. The van der Waals surface area contributed by atoms with E-state index in [1.165, 1.54) is 102 Å². The molecule has 6 aliphatic carbocycles. The Morgan fingerprint density at radius 2 is 1.55 bits per heavy atom. The van der Waals surface area contributed by atoms with Crippen molar-refractivity contribution in [1.82, 2.24) is 5.32 Å². The van der Waals surface area contributed by atoms with Gasteiger partial charge in [0.1, 0.15) is 6.10 Å². The minimum atomic E-state index is -0.862. The van der Waals surface area contributed by atoms with Gasteiger partial charge in [-0.3, -0.25) is 9.59 Å². The normalized spacial score (nSPS) is 43.2. The summed E-state index contributed by atoms with van der Waals surface area (Å²) in [5.41, 5.74) is 2.10. The number of fused-ring (bicyclic) bond motifs is 7. The molecule has 6 aliphatic rings. The highest BCUT2D eigenvalue weighted by Crippen LogP contribution is 2.78. The molecule has 0 saturated heterocycles. The summed E-state index contributed by atoms with van der Waals surface area (Å²) in [5.74, 6) is 3.25. The fourth-order valence-corrected chi connectivity index (χ4v) is 14.8. The number of hydrogen-bond acceptors (Lipinski definition) is 4. The molecule has 2 N–H and O–H groups in total. The van der Waals surface area contributed by atoms with Crippen LogP contribution in [0.3, 0.4) is 0 Å². The predicted octanol–water partition coefficient (Wildman–Crippen LogP) is 10.6. The van der Waals surface area contributed by atoms with E-state index in [1.807, 2.05) is 13.8 Å². The lowest BCUT2D eigenvalue weighted by molar-refractivity contribution is -0.250.